The van der Waals surface area contributed by atoms with Crippen LogP contribution in [0.5, 0.6) is 0 Å². The van der Waals surface area contributed by atoms with Crippen LogP contribution >= 0.6 is 0 Å². The number of halogens is 1. The van der Waals surface area contributed by atoms with Crippen molar-refractivity contribution in [3.05, 3.63) is 59.9 Å². The molecule has 2 N–H and O–H groups in total. The average Bonchev–Trinajstić information content (AvgIpc) is 2.47. The Morgan fingerprint density at radius 3 is 2.32 bits per heavy atom. The molecule has 0 saturated heterocycles. The summed E-state index contributed by atoms with van der Waals surface area (Å²) in [6.45, 7) is 4.00. The third kappa shape index (κ3) is 3.91. The van der Waals surface area contributed by atoms with Crippen LogP contribution < -0.4 is 10.6 Å². The molecule has 0 spiro atoms. The fourth-order valence-corrected chi connectivity index (χ4v) is 2.05. The summed E-state index contributed by atoms with van der Waals surface area (Å²) in [6.07, 6.45) is 0. The summed E-state index contributed by atoms with van der Waals surface area (Å²) >= 11 is 0. The van der Waals surface area contributed by atoms with Crippen molar-refractivity contribution in [2.45, 2.75) is 19.8 Å². The fourth-order valence-electron chi connectivity index (χ4n) is 2.05. The van der Waals surface area contributed by atoms with Gasteiger partial charge in [-0.05, 0) is 35.7 Å². The van der Waals surface area contributed by atoms with Crippen LogP contribution in [0.4, 0.5) is 15.8 Å². The SMILES string of the molecule is CC(C)c1ccccc1NC(=O)C(=O)Nc1cccc(F)c1. The largest absolute Gasteiger partial charge is 0.318 e. The van der Waals surface area contributed by atoms with Gasteiger partial charge in [-0.3, -0.25) is 9.59 Å². The Bertz CT molecular complexity index is 699. The number of carbonyl (C=O) groups is 2. The lowest BCUT2D eigenvalue weighted by molar-refractivity contribution is -0.133. The number of rotatable bonds is 3. The molecule has 22 heavy (non-hydrogen) atoms. The van der Waals surface area contributed by atoms with Crippen LogP contribution in [-0.2, 0) is 9.59 Å². The van der Waals surface area contributed by atoms with Crippen LogP contribution in [0.15, 0.2) is 48.5 Å². The molecule has 2 aromatic rings. The quantitative estimate of drug-likeness (QED) is 0.852. The van der Waals surface area contributed by atoms with E-state index in [0.717, 1.165) is 11.6 Å². The van der Waals surface area contributed by atoms with Crippen molar-refractivity contribution in [2.24, 2.45) is 0 Å². The summed E-state index contributed by atoms with van der Waals surface area (Å²) in [5, 5.41) is 4.94. The molecule has 0 atom stereocenters. The summed E-state index contributed by atoms with van der Waals surface area (Å²) in [6, 6.07) is 12.7. The summed E-state index contributed by atoms with van der Waals surface area (Å²) in [7, 11) is 0. The van der Waals surface area contributed by atoms with Crippen molar-refractivity contribution < 1.29 is 14.0 Å². The van der Waals surface area contributed by atoms with Crippen molar-refractivity contribution in [1.82, 2.24) is 0 Å². The lowest BCUT2D eigenvalue weighted by Crippen LogP contribution is -2.29. The van der Waals surface area contributed by atoms with Crippen molar-refractivity contribution >= 4 is 23.2 Å². The van der Waals surface area contributed by atoms with Gasteiger partial charge in [-0.2, -0.15) is 0 Å². The smallest absolute Gasteiger partial charge is 0.314 e. The maximum Gasteiger partial charge on any atom is 0.314 e. The van der Waals surface area contributed by atoms with Gasteiger partial charge >= 0.3 is 11.8 Å². The second-order valence-corrected chi connectivity index (χ2v) is 5.16. The maximum absolute atomic E-state index is 13.1. The van der Waals surface area contributed by atoms with Gasteiger partial charge in [0.2, 0.25) is 0 Å². The highest BCUT2D eigenvalue weighted by Gasteiger charge is 2.16. The minimum absolute atomic E-state index is 0.211. The van der Waals surface area contributed by atoms with Gasteiger partial charge in [-0.15, -0.1) is 0 Å². The van der Waals surface area contributed by atoms with Gasteiger partial charge in [0.05, 0.1) is 0 Å². The number of anilines is 2. The van der Waals surface area contributed by atoms with Crippen LogP contribution in [0, 0.1) is 5.82 Å². The van der Waals surface area contributed by atoms with E-state index < -0.39 is 17.6 Å². The molecule has 5 heteroatoms. The Kier molecular flexibility index (Phi) is 4.88. The minimum Gasteiger partial charge on any atom is -0.318 e. The lowest BCUT2D eigenvalue weighted by atomic mass is 10.0. The van der Waals surface area contributed by atoms with Gasteiger partial charge in [-0.1, -0.05) is 38.1 Å². The van der Waals surface area contributed by atoms with Crippen LogP contribution in [-0.4, -0.2) is 11.8 Å². The number of benzene rings is 2. The van der Waals surface area contributed by atoms with E-state index >= 15 is 0 Å². The van der Waals surface area contributed by atoms with E-state index in [1.54, 1.807) is 12.1 Å². The van der Waals surface area contributed by atoms with E-state index in [1.165, 1.54) is 18.2 Å². The molecule has 0 aliphatic rings. The minimum atomic E-state index is -0.843. The molecular formula is C17H17FN2O2. The first-order valence-electron chi connectivity index (χ1n) is 6.94. The highest BCUT2D eigenvalue weighted by atomic mass is 19.1. The number of carbonyl (C=O) groups excluding carboxylic acids is 2. The molecular weight excluding hydrogens is 283 g/mol. The van der Waals surface area contributed by atoms with Crippen LogP contribution in [0.1, 0.15) is 25.3 Å². The number of amides is 2. The molecule has 2 aromatic carbocycles. The molecule has 2 rings (SSSR count). The molecule has 0 aliphatic heterocycles. The van der Waals surface area contributed by atoms with E-state index in [1.807, 2.05) is 26.0 Å². The first-order valence-corrected chi connectivity index (χ1v) is 6.94. The van der Waals surface area contributed by atoms with E-state index in [0.29, 0.717) is 5.69 Å². The summed E-state index contributed by atoms with van der Waals surface area (Å²) in [4.78, 5) is 23.8. The maximum atomic E-state index is 13.1. The van der Waals surface area contributed by atoms with E-state index in [2.05, 4.69) is 10.6 Å². The Balaban J connectivity index is 2.08. The zero-order chi connectivity index (χ0) is 16.1. The molecule has 114 valence electrons. The van der Waals surface area contributed by atoms with Crippen LogP contribution in [0.25, 0.3) is 0 Å². The molecule has 4 nitrogen and oxygen atoms in total. The van der Waals surface area contributed by atoms with Crippen molar-refractivity contribution in [3.8, 4) is 0 Å². The predicted octanol–water partition coefficient (Wildman–Crippen LogP) is 3.53. The van der Waals surface area contributed by atoms with Gasteiger partial charge in [-0.25, -0.2) is 4.39 Å². The Morgan fingerprint density at radius 1 is 0.955 bits per heavy atom. The van der Waals surface area contributed by atoms with Crippen molar-refractivity contribution in [2.75, 3.05) is 10.6 Å². The van der Waals surface area contributed by atoms with E-state index in [9.17, 15) is 14.0 Å². The van der Waals surface area contributed by atoms with E-state index in [-0.39, 0.29) is 11.6 Å². The van der Waals surface area contributed by atoms with Gasteiger partial charge in [0.1, 0.15) is 5.82 Å². The van der Waals surface area contributed by atoms with Crippen LogP contribution in [0.2, 0.25) is 0 Å². The Labute approximate surface area is 128 Å². The molecule has 0 radical (unpaired) electrons. The third-order valence-electron chi connectivity index (χ3n) is 3.12. The number of hydrogen-bond donors (Lipinski definition) is 2. The molecule has 0 unspecified atom stereocenters. The molecule has 0 aliphatic carbocycles. The highest BCUT2D eigenvalue weighted by molar-refractivity contribution is 6.43. The summed E-state index contributed by atoms with van der Waals surface area (Å²) in [5.74, 6) is -1.91. The standard InChI is InChI=1S/C17H17FN2O2/c1-11(2)14-8-3-4-9-15(14)20-17(22)16(21)19-13-7-5-6-12(18)10-13/h3-11H,1-2H3,(H,19,21)(H,20,22). The second-order valence-electron chi connectivity index (χ2n) is 5.16. The molecule has 2 amide bonds. The van der Waals surface area contributed by atoms with Crippen molar-refractivity contribution in [1.29, 1.82) is 0 Å². The second kappa shape index (κ2) is 6.85. The predicted molar refractivity (Wildman–Crippen MR) is 84.2 cm³/mol. The lowest BCUT2D eigenvalue weighted by Gasteiger charge is -2.13. The normalized spacial score (nSPS) is 10.4. The third-order valence-corrected chi connectivity index (χ3v) is 3.12. The highest BCUT2D eigenvalue weighted by Crippen LogP contribution is 2.23. The first-order chi connectivity index (χ1) is 10.5. The molecule has 0 bridgehead atoms. The van der Waals surface area contributed by atoms with Gasteiger partial charge in [0.15, 0.2) is 0 Å². The summed E-state index contributed by atoms with van der Waals surface area (Å²) in [5.41, 5.74) is 1.77. The zero-order valence-corrected chi connectivity index (χ0v) is 12.4. The van der Waals surface area contributed by atoms with Crippen molar-refractivity contribution in [3.63, 3.8) is 0 Å². The Morgan fingerprint density at radius 2 is 1.64 bits per heavy atom. The number of nitrogens with one attached hydrogen (secondary N) is 2. The molecule has 0 heterocycles. The molecule has 0 fully saturated rings. The van der Waals surface area contributed by atoms with Gasteiger partial charge in [0, 0.05) is 11.4 Å². The van der Waals surface area contributed by atoms with Gasteiger partial charge < -0.3 is 10.6 Å². The first kappa shape index (κ1) is 15.7. The summed E-state index contributed by atoms with van der Waals surface area (Å²) < 4.78 is 13.1. The number of hydrogen-bond acceptors (Lipinski definition) is 2. The topological polar surface area (TPSA) is 58.2 Å². The monoisotopic (exact) mass is 300 g/mol. The van der Waals surface area contributed by atoms with Crippen LogP contribution in [0.3, 0.4) is 0 Å². The molecule has 0 aromatic heterocycles. The van der Waals surface area contributed by atoms with E-state index in [4.69, 9.17) is 0 Å². The van der Waals surface area contributed by atoms with Gasteiger partial charge in [0.25, 0.3) is 0 Å². The number of para-hydroxylation sites is 1. The Hall–Kier alpha value is -2.69. The molecule has 0 saturated carbocycles. The average molecular weight is 300 g/mol. The zero-order valence-electron chi connectivity index (χ0n) is 12.4. The fraction of sp³-hybridized carbons (Fsp3) is 0.176.